The van der Waals surface area contributed by atoms with Gasteiger partial charge in [0.05, 0.1) is 12.7 Å². The minimum Gasteiger partial charge on any atom is -0.508 e. The second-order valence-electron chi connectivity index (χ2n) is 3.88. The van der Waals surface area contributed by atoms with E-state index in [1.165, 1.54) is 12.1 Å². The number of carbonyl (C=O) groups is 1. The maximum atomic E-state index is 11.9. The molecule has 0 saturated heterocycles. The van der Waals surface area contributed by atoms with Gasteiger partial charge in [0.15, 0.2) is 0 Å². The van der Waals surface area contributed by atoms with E-state index in [9.17, 15) is 9.90 Å². The lowest BCUT2D eigenvalue weighted by molar-refractivity contribution is 0.102. The average Bonchev–Trinajstić information content (AvgIpc) is 2.39. The minimum absolute atomic E-state index is 0.0913. The van der Waals surface area contributed by atoms with Crippen LogP contribution in [0, 0.1) is 0 Å². The van der Waals surface area contributed by atoms with Gasteiger partial charge >= 0.3 is 0 Å². The summed E-state index contributed by atoms with van der Waals surface area (Å²) in [6, 6.07) is 10.6. The average molecular weight is 259 g/mol. The van der Waals surface area contributed by atoms with E-state index >= 15 is 0 Å². The van der Waals surface area contributed by atoms with Crippen molar-refractivity contribution >= 4 is 11.6 Å². The highest BCUT2D eigenvalue weighted by Gasteiger charge is 2.11. The largest absolute Gasteiger partial charge is 0.508 e. The van der Waals surface area contributed by atoms with Crippen LogP contribution in [0.2, 0.25) is 0 Å². The lowest BCUT2D eigenvalue weighted by Crippen LogP contribution is -2.11. The van der Waals surface area contributed by atoms with E-state index in [1.54, 1.807) is 31.4 Å². The fraction of sp³-hybridized carbons (Fsp3) is 0.0714. The molecule has 0 fully saturated rings. The number of ether oxygens (including phenoxy) is 1. The number of carbonyl (C=O) groups excluding carboxylic acids is 1. The number of phenols is 2. The van der Waals surface area contributed by atoms with Crippen LogP contribution in [0.15, 0.2) is 42.5 Å². The van der Waals surface area contributed by atoms with Crippen molar-refractivity contribution in [2.75, 3.05) is 12.4 Å². The molecule has 0 aliphatic carbocycles. The summed E-state index contributed by atoms with van der Waals surface area (Å²) < 4.78 is 5.01. The van der Waals surface area contributed by atoms with Crippen molar-refractivity contribution in [1.29, 1.82) is 0 Å². The molecule has 2 rings (SSSR count). The second-order valence-corrected chi connectivity index (χ2v) is 3.88. The molecule has 2 aromatic carbocycles. The summed E-state index contributed by atoms with van der Waals surface area (Å²) in [6.07, 6.45) is 0. The lowest BCUT2D eigenvalue weighted by Gasteiger charge is -2.07. The molecule has 2 aromatic rings. The molecule has 1 amide bonds. The van der Waals surface area contributed by atoms with Gasteiger partial charge in [-0.25, -0.2) is 0 Å². The van der Waals surface area contributed by atoms with Gasteiger partial charge in [-0.1, -0.05) is 0 Å². The SMILES string of the molecule is COc1ccc(NC(=O)c2ccc(O)cc2O)cc1. The summed E-state index contributed by atoms with van der Waals surface area (Å²) in [5.41, 5.74) is 0.673. The van der Waals surface area contributed by atoms with Crippen LogP contribution < -0.4 is 10.1 Å². The number of amides is 1. The number of rotatable bonds is 3. The molecule has 3 N–H and O–H groups in total. The van der Waals surface area contributed by atoms with Crippen molar-refractivity contribution < 1.29 is 19.7 Å². The lowest BCUT2D eigenvalue weighted by atomic mass is 10.1. The highest BCUT2D eigenvalue weighted by Crippen LogP contribution is 2.24. The zero-order valence-corrected chi connectivity index (χ0v) is 10.3. The summed E-state index contributed by atoms with van der Waals surface area (Å²) in [4.78, 5) is 11.9. The molecule has 0 saturated carbocycles. The van der Waals surface area contributed by atoms with Gasteiger partial charge in [0, 0.05) is 11.8 Å². The van der Waals surface area contributed by atoms with E-state index in [-0.39, 0.29) is 17.1 Å². The highest BCUT2D eigenvalue weighted by molar-refractivity contribution is 6.06. The number of methoxy groups -OCH3 is 1. The summed E-state index contributed by atoms with van der Waals surface area (Å²) in [5, 5.41) is 21.4. The topological polar surface area (TPSA) is 78.8 Å². The molecule has 0 spiro atoms. The number of nitrogens with one attached hydrogen (secondary N) is 1. The normalized spacial score (nSPS) is 9.95. The van der Waals surface area contributed by atoms with Crippen molar-refractivity contribution in [3.8, 4) is 17.2 Å². The Morgan fingerprint density at radius 2 is 1.79 bits per heavy atom. The molecule has 0 atom stereocenters. The molecular weight excluding hydrogens is 246 g/mol. The van der Waals surface area contributed by atoms with Crippen LogP contribution in [-0.2, 0) is 0 Å². The predicted molar refractivity (Wildman–Crippen MR) is 70.7 cm³/mol. The number of hydrogen-bond acceptors (Lipinski definition) is 4. The van der Waals surface area contributed by atoms with Crippen molar-refractivity contribution in [3.05, 3.63) is 48.0 Å². The number of anilines is 1. The molecule has 0 aromatic heterocycles. The first-order chi connectivity index (χ1) is 9.10. The third-order valence-corrected chi connectivity index (χ3v) is 2.57. The first-order valence-electron chi connectivity index (χ1n) is 5.57. The molecule has 0 aliphatic rings. The standard InChI is InChI=1S/C14H13NO4/c1-19-11-5-2-9(3-6-11)15-14(18)12-7-4-10(16)8-13(12)17/h2-8,16-17H,1H3,(H,15,18). The Balaban J connectivity index is 2.15. The molecule has 0 aliphatic heterocycles. The van der Waals surface area contributed by atoms with E-state index in [4.69, 9.17) is 9.84 Å². The zero-order chi connectivity index (χ0) is 13.8. The van der Waals surface area contributed by atoms with Gasteiger partial charge in [0.2, 0.25) is 0 Å². The van der Waals surface area contributed by atoms with Crippen LogP contribution in [0.4, 0.5) is 5.69 Å². The van der Waals surface area contributed by atoms with Gasteiger partial charge in [-0.2, -0.15) is 0 Å². The Morgan fingerprint density at radius 3 is 2.37 bits per heavy atom. The minimum atomic E-state index is -0.456. The number of phenolic OH excluding ortho intramolecular Hbond substituents is 2. The monoisotopic (exact) mass is 259 g/mol. The quantitative estimate of drug-likeness (QED) is 0.790. The maximum absolute atomic E-state index is 11.9. The molecule has 98 valence electrons. The van der Waals surface area contributed by atoms with Gasteiger partial charge < -0.3 is 20.3 Å². The number of hydrogen-bond donors (Lipinski definition) is 3. The molecule has 0 bridgehead atoms. The summed E-state index contributed by atoms with van der Waals surface area (Å²) >= 11 is 0. The Morgan fingerprint density at radius 1 is 1.11 bits per heavy atom. The summed E-state index contributed by atoms with van der Waals surface area (Å²) in [7, 11) is 1.56. The smallest absolute Gasteiger partial charge is 0.259 e. The van der Waals surface area contributed by atoms with Crippen LogP contribution in [0.25, 0.3) is 0 Å². The van der Waals surface area contributed by atoms with Gasteiger partial charge in [-0.15, -0.1) is 0 Å². The molecule has 0 radical (unpaired) electrons. The number of benzene rings is 2. The van der Waals surface area contributed by atoms with E-state index in [1.807, 2.05) is 0 Å². The maximum Gasteiger partial charge on any atom is 0.259 e. The molecular formula is C14H13NO4. The van der Waals surface area contributed by atoms with Gasteiger partial charge in [-0.3, -0.25) is 4.79 Å². The number of aromatic hydroxyl groups is 2. The van der Waals surface area contributed by atoms with Gasteiger partial charge in [0.1, 0.15) is 17.2 Å². The van der Waals surface area contributed by atoms with E-state index in [2.05, 4.69) is 5.32 Å². The summed E-state index contributed by atoms with van der Waals surface area (Å²) in [6.45, 7) is 0. The summed E-state index contributed by atoms with van der Waals surface area (Å²) in [5.74, 6) is -0.141. The third kappa shape index (κ3) is 2.95. The molecule has 5 heteroatoms. The van der Waals surface area contributed by atoms with E-state index in [0.717, 1.165) is 6.07 Å². The second kappa shape index (κ2) is 5.30. The van der Waals surface area contributed by atoms with Crippen molar-refractivity contribution in [2.45, 2.75) is 0 Å². The van der Waals surface area contributed by atoms with E-state index < -0.39 is 5.91 Å². The van der Waals surface area contributed by atoms with Crippen LogP contribution in [0.3, 0.4) is 0 Å². The van der Waals surface area contributed by atoms with Gasteiger partial charge in [0.25, 0.3) is 5.91 Å². The Labute approximate surface area is 110 Å². The fourth-order valence-corrected chi connectivity index (χ4v) is 1.58. The predicted octanol–water partition coefficient (Wildman–Crippen LogP) is 2.36. The van der Waals surface area contributed by atoms with Crippen molar-refractivity contribution in [3.63, 3.8) is 0 Å². The molecule has 19 heavy (non-hydrogen) atoms. The van der Waals surface area contributed by atoms with Gasteiger partial charge in [-0.05, 0) is 36.4 Å². The Hall–Kier alpha value is -2.69. The first-order valence-corrected chi connectivity index (χ1v) is 5.57. The molecule has 5 nitrogen and oxygen atoms in total. The van der Waals surface area contributed by atoms with Crippen molar-refractivity contribution in [2.24, 2.45) is 0 Å². The fourth-order valence-electron chi connectivity index (χ4n) is 1.58. The van der Waals surface area contributed by atoms with Crippen LogP contribution in [0.1, 0.15) is 10.4 Å². The van der Waals surface area contributed by atoms with Crippen molar-refractivity contribution in [1.82, 2.24) is 0 Å². The Kier molecular flexibility index (Phi) is 3.56. The van der Waals surface area contributed by atoms with Crippen LogP contribution in [-0.4, -0.2) is 23.2 Å². The highest BCUT2D eigenvalue weighted by atomic mass is 16.5. The molecule has 0 unspecified atom stereocenters. The zero-order valence-electron chi connectivity index (χ0n) is 10.3. The Bertz CT molecular complexity index is 593. The molecule has 0 heterocycles. The van der Waals surface area contributed by atoms with E-state index in [0.29, 0.717) is 11.4 Å². The van der Waals surface area contributed by atoms with Crippen LogP contribution in [0.5, 0.6) is 17.2 Å². The third-order valence-electron chi connectivity index (χ3n) is 2.57. The van der Waals surface area contributed by atoms with Crippen LogP contribution >= 0.6 is 0 Å². The first kappa shape index (κ1) is 12.8.